The molecule has 34 heavy (non-hydrogen) atoms. The van der Waals surface area contributed by atoms with Gasteiger partial charge in [-0.2, -0.15) is 5.10 Å². The van der Waals surface area contributed by atoms with Gasteiger partial charge in [-0.15, -0.1) is 0 Å². The summed E-state index contributed by atoms with van der Waals surface area (Å²) >= 11 is 0. The monoisotopic (exact) mass is 482 g/mol. The molecule has 0 aliphatic heterocycles. The zero-order valence-electron chi connectivity index (χ0n) is 18.4. The summed E-state index contributed by atoms with van der Waals surface area (Å²) in [6, 6.07) is 18.1. The van der Waals surface area contributed by atoms with Crippen molar-refractivity contribution in [1.29, 1.82) is 0 Å². The van der Waals surface area contributed by atoms with Crippen LogP contribution in [0, 0.1) is 17.0 Å². The lowest BCUT2D eigenvalue weighted by atomic mass is 10.2. The molecule has 0 aliphatic carbocycles. The van der Waals surface area contributed by atoms with Crippen molar-refractivity contribution in [1.82, 2.24) is 5.43 Å². The van der Waals surface area contributed by atoms with Gasteiger partial charge >= 0.3 is 0 Å². The summed E-state index contributed by atoms with van der Waals surface area (Å²) in [5, 5.41) is 14.5. The van der Waals surface area contributed by atoms with Gasteiger partial charge in [0.05, 0.1) is 28.8 Å². The maximum absolute atomic E-state index is 13.3. The van der Waals surface area contributed by atoms with Crippen molar-refractivity contribution in [2.24, 2.45) is 5.10 Å². The quantitative estimate of drug-likeness (QED) is 0.283. The molecule has 0 bridgehead atoms. The molecule has 1 amide bonds. The molecule has 0 fully saturated rings. The zero-order chi connectivity index (χ0) is 24.7. The van der Waals surface area contributed by atoms with E-state index in [0.29, 0.717) is 11.3 Å². The molecule has 0 saturated heterocycles. The van der Waals surface area contributed by atoms with E-state index >= 15 is 0 Å². The number of methoxy groups -OCH3 is 1. The van der Waals surface area contributed by atoms with Gasteiger partial charge in [-0.3, -0.25) is 19.2 Å². The smallest absolute Gasteiger partial charge is 0.269 e. The molecular weight excluding hydrogens is 460 g/mol. The number of hydrogen-bond acceptors (Lipinski definition) is 7. The van der Waals surface area contributed by atoms with E-state index < -0.39 is 27.4 Å². The number of carbonyl (C=O) groups excluding carboxylic acids is 1. The topological polar surface area (TPSA) is 131 Å². The van der Waals surface area contributed by atoms with Gasteiger partial charge in [-0.05, 0) is 61.0 Å². The van der Waals surface area contributed by atoms with E-state index in [4.69, 9.17) is 4.74 Å². The standard InChI is InChI=1S/C23H22N4O6S/c1-17-3-13-22(14-4-17)34(31,32)26(19-9-11-21(33-2)12-10-19)16-23(28)25-24-15-18-5-7-20(8-6-18)27(29)30/h3-15H,16H2,1-2H3,(H,25,28)/b24-15+. The molecule has 0 atom stereocenters. The van der Waals surface area contributed by atoms with Gasteiger partial charge in [0.1, 0.15) is 12.3 Å². The number of sulfonamides is 1. The molecule has 0 aromatic heterocycles. The molecule has 0 radical (unpaired) electrons. The van der Waals surface area contributed by atoms with Crippen LogP contribution in [0.1, 0.15) is 11.1 Å². The molecule has 0 unspecified atom stereocenters. The van der Waals surface area contributed by atoms with Crippen LogP contribution in [-0.4, -0.2) is 39.1 Å². The van der Waals surface area contributed by atoms with Gasteiger partial charge in [0.15, 0.2) is 0 Å². The van der Waals surface area contributed by atoms with E-state index in [1.807, 2.05) is 6.92 Å². The molecule has 10 nitrogen and oxygen atoms in total. The zero-order valence-corrected chi connectivity index (χ0v) is 19.2. The molecule has 11 heteroatoms. The van der Waals surface area contributed by atoms with E-state index in [0.717, 1.165) is 9.87 Å². The van der Waals surface area contributed by atoms with Gasteiger partial charge < -0.3 is 4.74 Å². The predicted molar refractivity (Wildman–Crippen MR) is 128 cm³/mol. The molecule has 3 aromatic carbocycles. The Morgan fingerprint density at radius 3 is 2.24 bits per heavy atom. The molecule has 0 saturated carbocycles. The highest BCUT2D eigenvalue weighted by atomic mass is 32.2. The first-order chi connectivity index (χ1) is 16.2. The van der Waals surface area contributed by atoms with E-state index in [9.17, 15) is 23.3 Å². The van der Waals surface area contributed by atoms with Crippen LogP contribution < -0.4 is 14.5 Å². The number of non-ortho nitro benzene ring substituents is 1. The van der Waals surface area contributed by atoms with Crippen LogP contribution in [0.2, 0.25) is 0 Å². The number of nitro groups is 1. The normalized spacial score (nSPS) is 11.2. The maximum Gasteiger partial charge on any atom is 0.269 e. The number of nitrogens with zero attached hydrogens (tertiary/aromatic N) is 3. The molecule has 1 N–H and O–H groups in total. The summed E-state index contributed by atoms with van der Waals surface area (Å²) in [6.07, 6.45) is 1.30. The van der Waals surface area contributed by atoms with Crippen molar-refractivity contribution in [3.05, 3.63) is 94.0 Å². The minimum Gasteiger partial charge on any atom is -0.497 e. The van der Waals surface area contributed by atoms with Crippen molar-refractivity contribution in [3.8, 4) is 5.75 Å². The van der Waals surface area contributed by atoms with Crippen LogP contribution in [-0.2, 0) is 14.8 Å². The number of rotatable bonds is 9. The third-order valence-corrected chi connectivity index (χ3v) is 6.55. The van der Waals surface area contributed by atoms with Crippen LogP contribution in [0.25, 0.3) is 0 Å². The van der Waals surface area contributed by atoms with Gasteiger partial charge in [-0.1, -0.05) is 17.7 Å². The summed E-state index contributed by atoms with van der Waals surface area (Å²) in [7, 11) is -2.57. The van der Waals surface area contributed by atoms with Crippen molar-refractivity contribution in [3.63, 3.8) is 0 Å². The van der Waals surface area contributed by atoms with Gasteiger partial charge in [0.2, 0.25) is 0 Å². The number of anilines is 1. The second-order valence-electron chi connectivity index (χ2n) is 7.16. The minimum atomic E-state index is -4.06. The number of nitrogens with one attached hydrogen (secondary N) is 1. The molecule has 176 valence electrons. The van der Waals surface area contributed by atoms with Crippen LogP contribution in [0.15, 0.2) is 82.8 Å². The largest absolute Gasteiger partial charge is 0.497 e. The van der Waals surface area contributed by atoms with Gasteiger partial charge in [-0.25, -0.2) is 13.8 Å². The molecule has 0 heterocycles. The summed E-state index contributed by atoms with van der Waals surface area (Å²) in [5.74, 6) is -0.141. The molecular formula is C23H22N4O6S. The molecule has 0 spiro atoms. The fraction of sp³-hybridized carbons (Fsp3) is 0.130. The molecule has 3 aromatic rings. The Kier molecular flexibility index (Phi) is 7.59. The summed E-state index contributed by atoms with van der Waals surface area (Å²) in [5.41, 5.74) is 3.91. The Morgan fingerprint density at radius 2 is 1.68 bits per heavy atom. The lowest BCUT2D eigenvalue weighted by Gasteiger charge is -2.24. The Morgan fingerprint density at radius 1 is 1.06 bits per heavy atom. The summed E-state index contributed by atoms with van der Waals surface area (Å²) in [6.45, 7) is 1.31. The van der Waals surface area contributed by atoms with Crippen molar-refractivity contribution >= 4 is 33.5 Å². The average molecular weight is 483 g/mol. The number of hydrogen-bond donors (Lipinski definition) is 1. The van der Waals surface area contributed by atoms with Crippen molar-refractivity contribution in [2.75, 3.05) is 18.0 Å². The maximum atomic E-state index is 13.3. The third kappa shape index (κ3) is 5.95. The van der Waals surface area contributed by atoms with Crippen LogP contribution in [0.4, 0.5) is 11.4 Å². The van der Waals surface area contributed by atoms with E-state index in [1.165, 1.54) is 61.9 Å². The molecule has 3 rings (SSSR count). The SMILES string of the molecule is COc1ccc(N(CC(=O)N/N=C/c2ccc([N+](=O)[O-])cc2)S(=O)(=O)c2ccc(C)cc2)cc1. The van der Waals surface area contributed by atoms with Crippen LogP contribution in [0.5, 0.6) is 5.75 Å². The van der Waals surface area contributed by atoms with Gasteiger partial charge in [0.25, 0.3) is 21.6 Å². The predicted octanol–water partition coefficient (Wildman–Crippen LogP) is 3.26. The highest BCUT2D eigenvalue weighted by Crippen LogP contribution is 2.26. The first kappa shape index (κ1) is 24.4. The number of amides is 1. The number of ether oxygens (including phenoxy) is 1. The number of benzene rings is 3. The Labute approximate surface area is 196 Å². The highest BCUT2D eigenvalue weighted by molar-refractivity contribution is 7.92. The van der Waals surface area contributed by atoms with E-state index in [1.54, 1.807) is 24.3 Å². The first-order valence-electron chi connectivity index (χ1n) is 10.0. The fourth-order valence-electron chi connectivity index (χ4n) is 2.93. The Bertz CT molecular complexity index is 1290. The van der Waals surface area contributed by atoms with Crippen LogP contribution in [0.3, 0.4) is 0 Å². The van der Waals surface area contributed by atoms with Crippen molar-refractivity contribution in [2.45, 2.75) is 11.8 Å². The Hall–Kier alpha value is -4.25. The summed E-state index contributed by atoms with van der Waals surface area (Å²) < 4.78 is 32.8. The minimum absolute atomic E-state index is 0.0381. The van der Waals surface area contributed by atoms with Crippen LogP contribution >= 0.6 is 0 Å². The van der Waals surface area contributed by atoms with E-state index in [2.05, 4.69) is 10.5 Å². The number of aryl methyl sites for hydroxylation is 1. The number of hydrazone groups is 1. The number of carbonyl (C=O) groups is 1. The van der Waals surface area contributed by atoms with E-state index in [-0.39, 0.29) is 16.3 Å². The first-order valence-corrected chi connectivity index (χ1v) is 11.4. The fourth-order valence-corrected chi connectivity index (χ4v) is 4.35. The highest BCUT2D eigenvalue weighted by Gasteiger charge is 2.27. The van der Waals surface area contributed by atoms with Gasteiger partial charge in [0, 0.05) is 12.1 Å². The third-order valence-electron chi connectivity index (χ3n) is 4.76. The summed E-state index contributed by atoms with van der Waals surface area (Å²) in [4.78, 5) is 22.8. The second-order valence-corrected chi connectivity index (χ2v) is 9.03. The molecule has 0 aliphatic rings. The lowest BCUT2D eigenvalue weighted by Crippen LogP contribution is -2.39. The van der Waals surface area contributed by atoms with Crippen molar-refractivity contribution < 1.29 is 22.9 Å². The lowest BCUT2D eigenvalue weighted by molar-refractivity contribution is -0.384. The Balaban J connectivity index is 1.80. The average Bonchev–Trinajstić information content (AvgIpc) is 2.83. The number of nitro benzene ring substituents is 1. The second kappa shape index (κ2) is 10.6.